The van der Waals surface area contributed by atoms with E-state index in [1.807, 2.05) is 13.0 Å². The molecular weight excluding hydrogens is 306 g/mol. The van der Waals surface area contributed by atoms with Crippen LogP contribution in [0.25, 0.3) is 0 Å². The molecule has 5 nitrogen and oxygen atoms in total. The van der Waals surface area contributed by atoms with Gasteiger partial charge in [-0.05, 0) is 25.7 Å². The SMILES string of the molecule is CC12[C@@H](CCCl)C(=O)NC13C(=O)O[C@]32[C@@H](O)C1C=CCCC1. The minimum absolute atomic E-state index is 0.0327. The first-order valence-corrected chi connectivity index (χ1v) is 8.47. The number of alkyl halides is 1. The van der Waals surface area contributed by atoms with Crippen LogP contribution in [0.1, 0.15) is 32.6 Å². The van der Waals surface area contributed by atoms with Crippen LogP contribution in [0.15, 0.2) is 12.2 Å². The Bertz CT molecular complexity index is 593. The van der Waals surface area contributed by atoms with Crippen molar-refractivity contribution in [2.45, 2.75) is 49.9 Å². The number of ether oxygens (including phenoxy) is 1. The van der Waals surface area contributed by atoms with Gasteiger partial charge in [0.25, 0.3) is 0 Å². The third-order valence-electron chi connectivity index (χ3n) is 6.44. The molecule has 6 heteroatoms. The zero-order chi connectivity index (χ0) is 15.8. The summed E-state index contributed by atoms with van der Waals surface area (Å²) in [5.74, 6) is -0.651. The van der Waals surface area contributed by atoms with Crippen molar-refractivity contribution in [1.29, 1.82) is 0 Å². The summed E-state index contributed by atoms with van der Waals surface area (Å²) in [5, 5.41) is 13.8. The van der Waals surface area contributed by atoms with Crippen molar-refractivity contribution in [3.8, 4) is 0 Å². The van der Waals surface area contributed by atoms with Gasteiger partial charge in [-0.1, -0.05) is 19.1 Å². The highest BCUT2D eigenvalue weighted by molar-refractivity contribution is 6.18. The molecule has 1 amide bonds. The van der Waals surface area contributed by atoms with Crippen LogP contribution in [0.3, 0.4) is 0 Å². The van der Waals surface area contributed by atoms with E-state index < -0.39 is 34.5 Å². The second-order valence-electron chi connectivity index (χ2n) is 7.06. The van der Waals surface area contributed by atoms with E-state index in [1.54, 1.807) is 0 Å². The van der Waals surface area contributed by atoms with Gasteiger partial charge in [-0.2, -0.15) is 0 Å². The van der Waals surface area contributed by atoms with Crippen LogP contribution in [0.5, 0.6) is 0 Å². The zero-order valence-corrected chi connectivity index (χ0v) is 13.2. The van der Waals surface area contributed by atoms with Gasteiger partial charge >= 0.3 is 5.97 Å². The Kier molecular flexibility index (Phi) is 2.81. The second kappa shape index (κ2) is 4.26. The lowest BCUT2D eigenvalue weighted by Crippen LogP contribution is -2.65. The number of fused-ring (bicyclic) bond motifs is 1. The van der Waals surface area contributed by atoms with Crippen molar-refractivity contribution in [3.63, 3.8) is 0 Å². The fourth-order valence-electron chi connectivity index (χ4n) is 5.31. The fourth-order valence-corrected chi connectivity index (χ4v) is 5.53. The molecule has 2 saturated heterocycles. The van der Waals surface area contributed by atoms with Crippen LogP contribution >= 0.6 is 11.6 Å². The van der Waals surface area contributed by atoms with Crippen molar-refractivity contribution in [3.05, 3.63) is 12.2 Å². The van der Waals surface area contributed by atoms with Crippen LogP contribution < -0.4 is 5.32 Å². The average molecular weight is 326 g/mol. The van der Waals surface area contributed by atoms with E-state index >= 15 is 0 Å². The molecule has 2 heterocycles. The molecule has 4 rings (SSSR count). The van der Waals surface area contributed by atoms with Crippen LogP contribution in [-0.4, -0.2) is 40.1 Å². The maximum atomic E-state index is 12.2. The monoisotopic (exact) mass is 325 g/mol. The van der Waals surface area contributed by atoms with E-state index in [2.05, 4.69) is 11.4 Å². The topological polar surface area (TPSA) is 75.6 Å². The van der Waals surface area contributed by atoms with E-state index in [9.17, 15) is 14.7 Å². The minimum Gasteiger partial charge on any atom is -0.450 e. The number of amides is 1. The van der Waals surface area contributed by atoms with Crippen molar-refractivity contribution >= 4 is 23.5 Å². The molecule has 0 aromatic carbocycles. The van der Waals surface area contributed by atoms with E-state index in [0.29, 0.717) is 12.3 Å². The number of rotatable bonds is 4. The molecule has 0 radical (unpaired) electrons. The van der Waals surface area contributed by atoms with Gasteiger partial charge in [-0.25, -0.2) is 4.79 Å². The minimum atomic E-state index is -1.04. The quantitative estimate of drug-likeness (QED) is 0.461. The zero-order valence-electron chi connectivity index (χ0n) is 12.5. The highest BCUT2D eigenvalue weighted by Crippen LogP contribution is 2.82. The van der Waals surface area contributed by atoms with E-state index in [4.69, 9.17) is 16.3 Å². The van der Waals surface area contributed by atoms with Gasteiger partial charge < -0.3 is 15.2 Å². The Morgan fingerprint density at radius 2 is 2.32 bits per heavy atom. The highest BCUT2D eigenvalue weighted by atomic mass is 35.5. The molecule has 22 heavy (non-hydrogen) atoms. The third kappa shape index (κ3) is 1.21. The van der Waals surface area contributed by atoms with Gasteiger partial charge in [0, 0.05) is 11.8 Å². The molecule has 1 spiro atoms. The number of esters is 1. The molecule has 2 N–H and O–H groups in total. The number of hydrogen-bond donors (Lipinski definition) is 2. The first kappa shape index (κ1) is 14.5. The van der Waals surface area contributed by atoms with Crippen LogP contribution in [0, 0.1) is 17.3 Å². The smallest absolute Gasteiger partial charge is 0.337 e. The van der Waals surface area contributed by atoms with Crippen molar-refractivity contribution in [1.82, 2.24) is 5.32 Å². The van der Waals surface area contributed by atoms with Crippen molar-refractivity contribution < 1.29 is 19.4 Å². The molecule has 120 valence electrons. The normalized spacial score (nSPS) is 49.6. The largest absolute Gasteiger partial charge is 0.450 e. The van der Waals surface area contributed by atoms with E-state index in [0.717, 1.165) is 19.3 Å². The number of halogens is 1. The van der Waals surface area contributed by atoms with Gasteiger partial charge in [-0.15, -0.1) is 11.6 Å². The molecule has 6 atom stereocenters. The summed E-state index contributed by atoms with van der Waals surface area (Å²) in [6.07, 6.45) is 6.68. The number of aliphatic hydroxyl groups excluding tert-OH is 1. The molecule has 2 aliphatic heterocycles. The lowest BCUT2D eigenvalue weighted by Gasteiger charge is -2.41. The molecule has 4 aliphatic rings. The van der Waals surface area contributed by atoms with Crippen LogP contribution in [0.2, 0.25) is 0 Å². The Balaban J connectivity index is 1.71. The summed E-state index contributed by atoms with van der Waals surface area (Å²) in [4.78, 5) is 24.4. The first-order chi connectivity index (χ1) is 10.5. The molecule has 3 unspecified atom stereocenters. The number of nitrogens with one attached hydrogen (secondary N) is 1. The lowest BCUT2D eigenvalue weighted by molar-refractivity contribution is -0.199. The third-order valence-corrected chi connectivity index (χ3v) is 6.66. The van der Waals surface area contributed by atoms with Crippen molar-refractivity contribution in [2.24, 2.45) is 17.3 Å². The van der Waals surface area contributed by atoms with Crippen LogP contribution in [0.4, 0.5) is 0 Å². The molecule has 2 aliphatic carbocycles. The number of hydrogen-bond acceptors (Lipinski definition) is 4. The predicted molar refractivity (Wildman–Crippen MR) is 79.1 cm³/mol. The van der Waals surface area contributed by atoms with Gasteiger partial charge in [0.15, 0.2) is 11.1 Å². The first-order valence-electron chi connectivity index (χ1n) is 7.93. The van der Waals surface area contributed by atoms with Gasteiger partial charge in [-0.3, -0.25) is 4.79 Å². The molecule has 0 bridgehead atoms. The number of carbonyl (C=O) groups is 2. The lowest BCUT2D eigenvalue weighted by atomic mass is 9.79. The Hall–Kier alpha value is -1.07. The second-order valence-corrected chi connectivity index (χ2v) is 7.44. The van der Waals surface area contributed by atoms with Crippen LogP contribution in [-0.2, 0) is 14.3 Å². The fraction of sp³-hybridized carbons (Fsp3) is 0.750. The standard InChI is InChI=1S/C16H20ClNO4/c1-14-10(7-8-17)12(20)18-15(14)13(21)22-16(14,15)11(19)9-5-3-2-4-6-9/h3,5,9-11,19H,2,4,6-8H2,1H3,(H,18,20)/t9?,10-,11-,14?,15?,16-/m0/s1. The maximum Gasteiger partial charge on any atom is 0.337 e. The summed E-state index contributed by atoms with van der Waals surface area (Å²) in [7, 11) is 0. The molecule has 3 fully saturated rings. The highest BCUT2D eigenvalue weighted by Gasteiger charge is 3.05. The Labute approximate surface area is 134 Å². The Morgan fingerprint density at radius 3 is 2.91 bits per heavy atom. The predicted octanol–water partition coefficient (Wildman–Crippen LogP) is 1.13. The number of piperidine rings is 1. The maximum absolute atomic E-state index is 12.2. The number of allylic oxidation sites excluding steroid dienone is 1. The van der Waals surface area contributed by atoms with Crippen molar-refractivity contribution in [2.75, 3.05) is 5.88 Å². The van der Waals surface area contributed by atoms with Gasteiger partial charge in [0.1, 0.15) is 6.10 Å². The molecule has 0 aromatic rings. The Morgan fingerprint density at radius 1 is 1.55 bits per heavy atom. The molecular formula is C16H20ClNO4. The summed E-state index contributed by atoms with van der Waals surface area (Å²) in [5.41, 5.74) is -2.72. The summed E-state index contributed by atoms with van der Waals surface area (Å²) in [6.45, 7) is 1.88. The van der Waals surface area contributed by atoms with Gasteiger partial charge in [0.2, 0.25) is 5.91 Å². The number of aliphatic hydroxyl groups is 1. The van der Waals surface area contributed by atoms with E-state index in [-0.39, 0.29) is 11.8 Å². The summed E-state index contributed by atoms with van der Waals surface area (Å²) < 4.78 is 5.52. The molecule has 0 aromatic heterocycles. The average Bonchev–Trinajstić information content (AvgIpc) is 2.74. The van der Waals surface area contributed by atoms with Gasteiger partial charge in [0.05, 0.1) is 11.3 Å². The van der Waals surface area contributed by atoms with E-state index in [1.165, 1.54) is 0 Å². The summed E-state index contributed by atoms with van der Waals surface area (Å²) >= 11 is 5.84. The summed E-state index contributed by atoms with van der Waals surface area (Å²) in [6, 6.07) is 0. The number of carbonyl (C=O) groups excluding carboxylic acids is 2. The molecule has 1 saturated carbocycles.